The van der Waals surface area contributed by atoms with Crippen LogP contribution in [0.1, 0.15) is 45.4 Å². The number of benzene rings is 1. The standard InChI is InChI=1S/C17H21N5O3/c1-11-15(20-21-22(11)14-7-9-18-10-8-14)16(23)19-13-5-3-12(4-6-13)17(24)25-2/h3-6,14,18H,7-10H2,1-2H3,(H,19,23). The van der Waals surface area contributed by atoms with E-state index < -0.39 is 5.97 Å². The molecule has 0 unspecified atom stereocenters. The monoisotopic (exact) mass is 343 g/mol. The third-order valence-electron chi connectivity index (χ3n) is 4.36. The second-order valence-electron chi connectivity index (χ2n) is 5.97. The summed E-state index contributed by atoms with van der Waals surface area (Å²) < 4.78 is 6.49. The van der Waals surface area contributed by atoms with Gasteiger partial charge < -0.3 is 15.4 Å². The summed E-state index contributed by atoms with van der Waals surface area (Å²) in [4.78, 5) is 23.9. The molecule has 2 heterocycles. The van der Waals surface area contributed by atoms with Crippen LogP contribution in [0.5, 0.6) is 0 Å². The van der Waals surface area contributed by atoms with Gasteiger partial charge in [0, 0.05) is 5.69 Å². The maximum Gasteiger partial charge on any atom is 0.337 e. The van der Waals surface area contributed by atoms with Gasteiger partial charge in [0.1, 0.15) is 0 Å². The molecule has 8 nitrogen and oxygen atoms in total. The quantitative estimate of drug-likeness (QED) is 0.818. The number of aromatic nitrogens is 3. The maximum absolute atomic E-state index is 12.5. The third-order valence-corrected chi connectivity index (χ3v) is 4.36. The molecule has 0 radical (unpaired) electrons. The van der Waals surface area contributed by atoms with Crippen LogP contribution in [0.2, 0.25) is 0 Å². The average Bonchev–Trinajstić information content (AvgIpc) is 3.04. The van der Waals surface area contributed by atoms with E-state index in [-0.39, 0.29) is 11.9 Å². The van der Waals surface area contributed by atoms with E-state index in [0.29, 0.717) is 16.9 Å². The second-order valence-corrected chi connectivity index (χ2v) is 5.97. The van der Waals surface area contributed by atoms with Crippen LogP contribution in [0.4, 0.5) is 5.69 Å². The first-order valence-electron chi connectivity index (χ1n) is 8.22. The molecule has 0 bridgehead atoms. The zero-order chi connectivity index (χ0) is 17.8. The largest absolute Gasteiger partial charge is 0.465 e. The molecule has 0 spiro atoms. The van der Waals surface area contributed by atoms with Crippen LogP contribution < -0.4 is 10.6 Å². The number of anilines is 1. The number of hydrogen-bond acceptors (Lipinski definition) is 6. The minimum Gasteiger partial charge on any atom is -0.465 e. The van der Waals surface area contributed by atoms with Crippen LogP contribution in [0.15, 0.2) is 24.3 Å². The molecule has 8 heteroatoms. The van der Waals surface area contributed by atoms with Crippen molar-refractivity contribution in [2.24, 2.45) is 0 Å². The Morgan fingerprint density at radius 3 is 2.56 bits per heavy atom. The number of piperidine rings is 1. The number of ether oxygens (including phenoxy) is 1. The van der Waals surface area contributed by atoms with Crippen LogP contribution in [-0.2, 0) is 4.74 Å². The number of carbonyl (C=O) groups excluding carboxylic acids is 2. The summed E-state index contributed by atoms with van der Waals surface area (Å²) in [7, 11) is 1.33. The molecule has 1 aromatic carbocycles. The number of hydrogen-bond donors (Lipinski definition) is 2. The topological polar surface area (TPSA) is 98.1 Å². The molecular formula is C17H21N5O3. The summed E-state index contributed by atoms with van der Waals surface area (Å²) in [6.45, 7) is 3.74. The van der Waals surface area contributed by atoms with Gasteiger partial charge in [-0.2, -0.15) is 0 Å². The van der Waals surface area contributed by atoms with E-state index in [0.717, 1.165) is 31.6 Å². The highest BCUT2D eigenvalue weighted by Gasteiger charge is 2.23. The Labute approximate surface area is 145 Å². The first-order valence-corrected chi connectivity index (χ1v) is 8.22. The molecule has 1 saturated heterocycles. The zero-order valence-corrected chi connectivity index (χ0v) is 14.3. The Morgan fingerprint density at radius 1 is 1.24 bits per heavy atom. The highest BCUT2D eigenvalue weighted by atomic mass is 16.5. The lowest BCUT2D eigenvalue weighted by Crippen LogP contribution is -2.30. The summed E-state index contributed by atoms with van der Waals surface area (Å²) in [5.74, 6) is -0.734. The van der Waals surface area contributed by atoms with Gasteiger partial charge in [-0.05, 0) is 57.1 Å². The van der Waals surface area contributed by atoms with Crippen molar-refractivity contribution < 1.29 is 14.3 Å². The first-order chi connectivity index (χ1) is 12.1. The lowest BCUT2D eigenvalue weighted by molar-refractivity contribution is 0.0600. The van der Waals surface area contributed by atoms with Crippen molar-refractivity contribution in [3.05, 3.63) is 41.2 Å². The lowest BCUT2D eigenvalue weighted by Gasteiger charge is -2.23. The first kappa shape index (κ1) is 17.1. The Hall–Kier alpha value is -2.74. The van der Waals surface area contributed by atoms with Crippen molar-refractivity contribution in [1.29, 1.82) is 0 Å². The van der Waals surface area contributed by atoms with E-state index in [1.165, 1.54) is 7.11 Å². The van der Waals surface area contributed by atoms with Crippen LogP contribution >= 0.6 is 0 Å². The number of nitrogens with zero attached hydrogens (tertiary/aromatic N) is 3. The molecular weight excluding hydrogens is 322 g/mol. The van der Waals surface area contributed by atoms with E-state index in [1.54, 1.807) is 24.3 Å². The number of amides is 1. The normalized spacial score (nSPS) is 15.0. The third kappa shape index (κ3) is 3.69. The predicted molar refractivity (Wildman–Crippen MR) is 91.6 cm³/mol. The van der Waals surface area contributed by atoms with Gasteiger partial charge in [-0.3, -0.25) is 4.79 Å². The fraction of sp³-hybridized carbons (Fsp3) is 0.412. The number of esters is 1. The molecule has 3 rings (SSSR count). The molecule has 2 aromatic rings. The van der Waals surface area contributed by atoms with Gasteiger partial charge in [-0.1, -0.05) is 5.21 Å². The van der Waals surface area contributed by atoms with Gasteiger partial charge >= 0.3 is 5.97 Å². The Balaban J connectivity index is 1.71. The Bertz CT molecular complexity index is 763. The van der Waals surface area contributed by atoms with E-state index >= 15 is 0 Å². The van der Waals surface area contributed by atoms with Gasteiger partial charge in [0.15, 0.2) is 5.69 Å². The van der Waals surface area contributed by atoms with Gasteiger partial charge in [-0.25, -0.2) is 9.48 Å². The molecule has 0 aliphatic carbocycles. The fourth-order valence-electron chi connectivity index (χ4n) is 2.95. The minimum absolute atomic E-state index is 0.273. The average molecular weight is 343 g/mol. The molecule has 1 aromatic heterocycles. The van der Waals surface area contributed by atoms with Crippen LogP contribution in [0.25, 0.3) is 0 Å². The Kier molecular flexibility index (Phi) is 5.08. The smallest absolute Gasteiger partial charge is 0.337 e. The number of methoxy groups -OCH3 is 1. The molecule has 1 aliphatic rings. The summed E-state index contributed by atoms with van der Waals surface area (Å²) >= 11 is 0. The summed E-state index contributed by atoms with van der Waals surface area (Å²) in [5.41, 5.74) is 2.08. The number of rotatable bonds is 4. The van der Waals surface area contributed by atoms with Crippen molar-refractivity contribution in [3.8, 4) is 0 Å². The van der Waals surface area contributed by atoms with E-state index in [2.05, 4.69) is 25.7 Å². The lowest BCUT2D eigenvalue weighted by atomic mass is 10.1. The molecule has 0 atom stereocenters. The molecule has 0 saturated carbocycles. The van der Waals surface area contributed by atoms with Gasteiger partial charge in [-0.15, -0.1) is 5.10 Å². The van der Waals surface area contributed by atoms with Crippen molar-refractivity contribution in [2.45, 2.75) is 25.8 Å². The fourth-order valence-corrected chi connectivity index (χ4v) is 2.95. The molecule has 1 amide bonds. The Morgan fingerprint density at radius 2 is 1.92 bits per heavy atom. The molecule has 25 heavy (non-hydrogen) atoms. The highest BCUT2D eigenvalue weighted by Crippen LogP contribution is 2.21. The number of carbonyl (C=O) groups is 2. The summed E-state index contributed by atoms with van der Waals surface area (Å²) in [6, 6.07) is 6.77. The molecule has 1 aliphatic heterocycles. The van der Waals surface area contributed by atoms with Gasteiger partial charge in [0.2, 0.25) is 0 Å². The van der Waals surface area contributed by atoms with Crippen molar-refractivity contribution in [3.63, 3.8) is 0 Å². The van der Waals surface area contributed by atoms with Crippen molar-refractivity contribution in [1.82, 2.24) is 20.3 Å². The molecule has 1 fully saturated rings. The SMILES string of the molecule is COC(=O)c1ccc(NC(=O)c2nnn(C3CCNCC3)c2C)cc1. The molecule has 2 N–H and O–H groups in total. The maximum atomic E-state index is 12.5. The van der Waals surface area contributed by atoms with Crippen molar-refractivity contribution >= 4 is 17.6 Å². The van der Waals surface area contributed by atoms with E-state index in [1.807, 2.05) is 11.6 Å². The van der Waals surface area contributed by atoms with Gasteiger partial charge in [0.25, 0.3) is 5.91 Å². The zero-order valence-electron chi connectivity index (χ0n) is 14.3. The van der Waals surface area contributed by atoms with Crippen LogP contribution in [-0.4, -0.2) is 47.1 Å². The second kappa shape index (κ2) is 7.43. The van der Waals surface area contributed by atoms with Gasteiger partial charge in [0.05, 0.1) is 24.4 Å². The van der Waals surface area contributed by atoms with Crippen LogP contribution in [0.3, 0.4) is 0 Å². The summed E-state index contributed by atoms with van der Waals surface area (Å²) in [6.07, 6.45) is 1.94. The van der Waals surface area contributed by atoms with Crippen molar-refractivity contribution in [2.75, 3.05) is 25.5 Å². The molecule has 132 valence electrons. The minimum atomic E-state index is -0.418. The highest BCUT2D eigenvalue weighted by molar-refractivity contribution is 6.03. The van der Waals surface area contributed by atoms with Crippen LogP contribution in [0, 0.1) is 6.92 Å². The predicted octanol–water partition coefficient (Wildman–Crippen LogP) is 1.55. The summed E-state index contributed by atoms with van der Waals surface area (Å²) in [5, 5.41) is 14.3. The van der Waals surface area contributed by atoms with E-state index in [9.17, 15) is 9.59 Å². The number of nitrogens with one attached hydrogen (secondary N) is 2. The van der Waals surface area contributed by atoms with E-state index in [4.69, 9.17) is 0 Å².